The number of thioether (sulfide) groups is 1. The van der Waals surface area contributed by atoms with Gasteiger partial charge in [0, 0.05) is 0 Å². The van der Waals surface area contributed by atoms with Gasteiger partial charge in [-0.3, -0.25) is 9.59 Å². The molecule has 2 rings (SSSR count). The predicted molar refractivity (Wildman–Crippen MR) is 72.7 cm³/mol. The third-order valence-corrected chi connectivity index (χ3v) is 3.64. The molecule has 0 saturated carbocycles. The lowest BCUT2D eigenvalue weighted by Gasteiger charge is -2.19. The standard InChI is InChI=1S/C12H10F3N3O2S/c13-12(14,15)6-3-1-2-4-7(6)17-10(20)8-5-9(19)18-11(16)21-8/h1-4,8H,5H2,(H,17,20)(H2,16,18,19)/t8-/m1/s1. The van der Waals surface area contributed by atoms with Crippen molar-refractivity contribution in [1.82, 2.24) is 0 Å². The Morgan fingerprint density at radius 3 is 2.67 bits per heavy atom. The largest absolute Gasteiger partial charge is 0.418 e. The lowest BCUT2D eigenvalue weighted by atomic mass is 10.1. The van der Waals surface area contributed by atoms with Crippen molar-refractivity contribution in [1.29, 1.82) is 0 Å². The van der Waals surface area contributed by atoms with Crippen LogP contribution in [0.5, 0.6) is 0 Å². The van der Waals surface area contributed by atoms with Crippen LogP contribution >= 0.6 is 11.8 Å². The molecule has 1 heterocycles. The van der Waals surface area contributed by atoms with E-state index in [0.717, 1.165) is 23.9 Å². The lowest BCUT2D eigenvalue weighted by Crippen LogP contribution is -2.33. The summed E-state index contributed by atoms with van der Waals surface area (Å²) in [5, 5.41) is 1.22. The van der Waals surface area contributed by atoms with Crippen molar-refractivity contribution in [3.63, 3.8) is 0 Å². The van der Waals surface area contributed by atoms with Gasteiger partial charge in [-0.2, -0.15) is 18.2 Å². The van der Waals surface area contributed by atoms with E-state index in [2.05, 4.69) is 10.3 Å². The van der Waals surface area contributed by atoms with Crippen LogP contribution in [-0.4, -0.2) is 22.2 Å². The summed E-state index contributed by atoms with van der Waals surface area (Å²) in [6.45, 7) is 0. The van der Waals surface area contributed by atoms with E-state index in [-0.39, 0.29) is 17.3 Å². The Balaban J connectivity index is 2.18. The third kappa shape index (κ3) is 3.75. The number of para-hydroxylation sites is 1. The molecule has 0 saturated heterocycles. The first-order valence-electron chi connectivity index (χ1n) is 5.78. The zero-order chi connectivity index (χ0) is 15.6. The van der Waals surface area contributed by atoms with E-state index in [9.17, 15) is 22.8 Å². The van der Waals surface area contributed by atoms with Crippen LogP contribution in [0, 0.1) is 0 Å². The molecule has 3 N–H and O–H groups in total. The molecule has 1 atom stereocenters. The van der Waals surface area contributed by atoms with Gasteiger partial charge in [0.2, 0.25) is 11.8 Å². The molecule has 0 aliphatic carbocycles. The Labute approximate surface area is 121 Å². The fourth-order valence-corrected chi connectivity index (χ4v) is 2.58. The number of alkyl halides is 3. The van der Waals surface area contributed by atoms with E-state index in [1.165, 1.54) is 12.1 Å². The van der Waals surface area contributed by atoms with Crippen molar-refractivity contribution >= 4 is 34.4 Å². The number of rotatable bonds is 2. The van der Waals surface area contributed by atoms with Gasteiger partial charge < -0.3 is 11.1 Å². The number of amides is 2. The maximum Gasteiger partial charge on any atom is 0.418 e. The Kier molecular flexibility index (Phi) is 4.21. The summed E-state index contributed by atoms with van der Waals surface area (Å²) in [7, 11) is 0. The molecule has 1 aliphatic rings. The predicted octanol–water partition coefficient (Wildman–Crippen LogP) is 1.99. The first-order valence-corrected chi connectivity index (χ1v) is 6.66. The molecular formula is C12H10F3N3O2S. The number of aliphatic imine (C=N–C) groups is 1. The Hall–Kier alpha value is -2.03. The summed E-state index contributed by atoms with van der Waals surface area (Å²) in [6, 6.07) is 4.61. The summed E-state index contributed by atoms with van der Waals surface area (Å²) in [5.74, 6) is -1.29. The Bertz CT molecular complexity index is 616. The number of nitrogens with two attached hydrogens (primary N) is 1. The van der Waals surface area contributed by atoms with Crippen LogP contribution < -0.4 is 11.1 Å². The highest BCUT2D eigenvalue weighted by molar-refractivity contribution is 8.15. The minimum Gasteiger partial charge on any atom is -0.378 e. The molecule has 1 aromatic rings. The third-order valence-electron chi connectivity index (χ3n) is 2.64. The van der Waals surface area contributed by atoms with Gasteiger partial charge in [-0.05, 0) is 12.1 Å². The van der Waals surface area contributed by atoms with Crippen LogP contribution in [-0.2, 0) is 15.8 Å². The molecule has 0 aromatic heterocycles. The summed E-state index contributed by atoms with van der Waals surface area (Å²) >= 11 is 0.844. The van der Waals surface area contributed by atoms with Crippen LogP contribution in [0.3, 0.4) is 0 Å². The molecule has 2 amide bonds. The second-order valence-electron chi connectivity index (χ2n) is 4.19. The first kappa shape index (κ1) is 15.4. The van der Waals surface area contributed by atoms with Crippen molar-refractivity contribution in [3.8, 4) is 0 Å². The number of benzene rings is 1. The van der Waals surface area contributed by atoms with Gasteiger partial charge in [-0.25, -0.2) is 0 Å². The second kappa shape index (κ2) is 5.76. The van der Waals surface area contributed by atoms with Gasteiger partial charge in [0.25, 0.3) is 0 Å². The fourth-order valence-electron chi connectivity index (χ4n) is 1.74. The topological polar surface area (TPSA) is 84.5 Å². The molecule has 21 heavy (non-hydrogen) atoms. The number of hydrogen-bond acceptors (Lipinski definition) is 4. The number of amidine groups is 1. The van der Waals surface area contributed by atoms with Crippen LogP contribution in [0.25, 0.3) is 0 Å². The number of carbonyl (C=O) groups excluding carboxylic acids is 2. The highest BCUT2D eigenvalue weighted by atomic mass is 32.2. The summed E-state index contributed by atoms with van der Waals surface area (Å²) in [4.78, 5) is 26.6. The average molecular weight is 317 g/mol. The zero-order valence-electron chi connectivity index (χ0n) is 10.5. The lowest BCUT2D eigenvalue weighted by molar-refractivity contribution is -0.137. The minimum absolute atomic E-state index is 0.0736. The molecule has 5 nitrogen and oxygen atoms in total. The Morgan fingerprint density at radius 2 is 2.05 bits per heavy atom. The molecule has 0 bridgehead atoms. The monoisotopic (exact) mass is 317 g/mol. The van der Waals surface area contributed by atoms with Crippen molar-refractivity contribution in [2.45, 2.75) is 17.8 Å². The maximum atomic E-state index is 12.8. The molecule has 9 heteroatoms. The van der Waals surface area contributed by atoms with Crippen LogP contribution in [0.2, 0.25) is 0 Å². The summed E-state index contributed by atoms with van der Waals surface area (Å²) < 4.78 is 38.4. The molecule has 0 radical (unpaired) electrons. The molecular weight excluding hydrogens is 307 g/mol. The fraction of sp³-hybridized carbons (Fsp3) is 0.250. The molecule has 0 unspecified atom stereocenters. The number of anilines is 1. The van der Waals surface area contributed by atoms with E-state index in [4.69, 9.17) is 5.73 Å². The van der Waals surface area contributed by atoms with Crippen LogP contribution in [0.1, 0.15) is 12.0 Å². The van der Waals surface area contributed by atoms with Crippen molar-refractivity contribution in [2.24, 2.45) is 10.7 Å². The number of hydrogen-bond donors (Lipinski definition) is 2. The van der Waals surface area contributed by atoms with E-state index in [1.807, 2.05) is 0 Å². The molecule has 1 aliphatic heterocycles. The highest BCUT2D eigenvalue weighted by Gasteiger charge is 2.35. The van der Waals surface area contributed by atoms with E-state index in [0.29, 0.717) is 0 Å². The number of nitrogens with one attached hydrogen (secondary N) is 1. The van der Waals surface area contributed by atoms with Gasteiger partial charge in [-0.1, -0.05) is 23.9 Å². The number of nitrogens with zero attached hydrogens (tertiary/aromatic N) is 1. The normalized spacial score (nSPS) is 19.1. The zero-order valence-corrected chi connectivity index (χ0v) is 11.3. The molecule has 0 spiro atoms. The Morgan fingerprint density at radius 1 is 1.38 bits per heavy atom. The van der Waals surface area contributed by atoms with Crippen molar-refractivity contribution in [3.05, 3.63) is 29.8 Å². The first-order chi connectivity index (χ1) is 9.77. The van der Waals surface area contributed by atoms with Crippen LogP contribution in [0.15, 0.2) is 29.3 Å². The molecule has 112 valence electrons. The summed E-state index contributed by atoms with van der Waals surface area (Å²) in [6.07, 6.45) is -4.79. The van der Waals surface area contributed by atoms with E-state index >= 15 is 0 Å². The van der Waals surface area contributed by atoms with Crippen molar-refractivity contribution < 1.29 is 22.8 Å². The van der Waals surface area contributed by atoms with Gasteiger partial charge in [0.15, 0.2) is 5.17 Å². The number of halogens is 3. The molecule has 1 aromatic carbocycles. The van der Waals surface area contributed by atoms with Gasteiger partial charge in [-0.15, -0.1) is 0 Å². The quantitative estimate of drug-likeness (QED) is 0.873. The van der Waals surface area contributed by atoms with Crippen LogP contribution in [0.4, 0.5) is 18.9 Å². The number of carbonyl (C=O) groups is 2. The maximum absolute atomic E-state index is 12.8. The SMILES string of the molecule is NC1=NC(=O)C[C@H](C(=O)Nc2ccccc2C(F)(F)F)S1. The van der Waals surface area contributed by atoms with Gasteiger partial charge >= 0.3 is 6.18 Å². The second-order valence-corrected chi connectivity index (χ2v) is 5.41. The molecule has 0 fully saturated rings. The van der Waals surface area contributed by atoms with Gasteiger partial charge in [0.05, 0.1) is 17.7 Å². The van der Waals surface area contributed by atoms with Gasteiger partial charge in [0.1, 0.15) is 5.25 Å². The minimum atomic E-state index is -4.58. The van der Waals surface area contributed by atoms with E-state index in [1.54, 1.807) is 0 Å². The average Bonchev–Trinajstić information content (AvgIpc) is 2.37. The summed E-state index contributed by atoms with van der Waals surface area (Å²) in [5.41, 5.74) is 4.07. The van der Waals surface area contributed by atoms with E-state index < -0.39 is 28.8 Å². The van der Waals surface area contributed by atoms with Crippen molar-refractivity contribution in [2.75, 3.05) is 5.32 Å². The smallest absolute Gasteiger partial charge is 0.378 e. The highest BCUT2D eigenvalue weighted by Crippen LogP contribution is 2.35.